The number of methoxy groups -OCH3 is 2. The van der Waals surface area contributed by atoms with Crippen LogP contribution < -0.4 is 14.8 Å². The van der Waals surface area contributed by atoms with Gasteiger partial charge in [0.05, 0.1) is 14.2 Å². The van der Waals surface area contributed by atoms with Crippen LogP contribution in [-0.2, 0) is 29.0 Å². The molecule has 184 valence electrons. The number of carbonyl (C=O) groups is 2. The van der Waals surface area contributed by atoms with E-state index in [1.165, 1.54) is 0 Å². The Morgan fingerprint density at radius 2 is 1.54 bits per heavy atom. The monoisotopic (exact) mass is 494 g/mol. The molecule has 6 nitrogen and oxygen atoms in total. The van der Waals surface area contributed by atoms with Crippen LogP contribution in [-0.4, -0.2) is 44.0 Å². The fourth-order valence-electron chi connectivity index (χ4n) is 3.94. The Morgan fingerprint density at radius 1 is 0.886 bits per heavy atom. The summed E-state index contributed by atoms with van der Waals surface area (Å²) in [5, 5.41) is 3.35. The standard InChI is InChI=1S/C28H31ClN2O4/c1-30-28(33)24(17-20-7-5-4-6-8-20)31(19-22-9-13-23(29)14-10-22)27(32)16-12-21-11-15-25(34-2)26(18-21)35-3/h4-11,13-15,18,24H,12,16-17,19H2,1-3H3,(H,30,33). The van der Waals surface area contributed by atoms with Gasteiger partial charge >= 0.3 is 0 Å². The minimum atomic E-state index is -0.656. The smallest absolute Gasteiger partial charge is 0.242 e. The summed E-state index contributed by atoms with van der Waals surface area (Å²) in [6.45, 7) is 0.298. The van der Waals surface area contributed by atoms with E-state index in [1.807, 2.05) is 60.7 Å². The number of nitrogens with one attached hydrogen (secondary N) is 1. The number of nitrogens with zero attached hydrogens (tertiary/aromatic N) is 1. The molecule has 3 aromatic rings. The summed E-state index contributed by atoms with van der Waals surface area (Å²) < 4.78 is 10.7. The molecule has 0 aliphatic heterocycles. The number of hydrogen-bond acceptors (Lipinski definition) is 4. The lowest BCUT2D eigenvalue weighted by atomic mass is 10.0. The first kappa shape index (κ1) is 26.1. The zero-order chi connectivity index (χ0) is 25.2. The highest BCUT2D eigenvalue weighted by Crippen LogP contribution is 2.28. The van der Waals surface area contributed by atoms with E-state index in [9.17, 15) is 9.59 Å². The van der Waals surface area contributed by atoms with Gasteiger partial charge in [-0.05, 0) is 47.4 Å². The number of aryl methyl sites for hydroxylation is 1. The van der Waals surface area contributed by atoms with Crippen molar-refractivity contribution < 1.29 is 19.1 Å². The summed E-state index contributed by atoms with van der Waals surface area (Å²) in [5.74, 6) is 0.929. The molecular formula is C28H31ClN2O4. The molecule has 0 fully saturated rings. The Balaban J connectivity index is 1.86. The average Bonchev–Trinajstić information content (AvgIpc) is 2.90. The van der Waals surface area contributed by atoms with Crippen LogP contribution in [0.1, 0.15) is 23.1 Å². The predicted octanol–water partition coefficient (Wildman–Crippen LogP) is 4.68. The van der Waals surface area contributed by atoms with Gasteiger partial charge in [-0.15, -0.1) is 0 Å². The molecule has 0 saturated heterocycles. The minimum Gasteiger partial charge on any atom is -0.493 e. The van der Waals surface area contributed by atoms with Gasteiger partial charge in [0.15, 0.2) is 11.5 Å². The second kappa shape index (κ2) is 12.8. The molecule has 3 rings (SSSR count). The van der Waals surface area contributed by atoms with Gasteiger partial charge in [-0.2, -0.15) is 0 Å². The van der Waals surface area contributed by atoms with Crippen molar-refractivity contribution in [1.82, 2.24) is 10.2 Å². The van der Waals surface area contributed by atoms with Crippen LogP contribution in [0.5, 0.6) is 11.5 Å². The molecule has 0 saturated carbocycles. The lowest BCUT2D eigenvalue weighted by Gasteiger charge is -2.31. The third-order valence-electron chi connectivity index (χ3n) is 5.86. The number of hydrogen-bond donors (Lipinski definition) is 1. The minimum absolute atomic E-state index is 0.112. The fourth-order valence-corrected chi connectivity index (χ4v) is 4.06. The van der Waals surface area contributed by atoms with Crippen molar-refractivity contribution in [3.05, 3.63) is 94.5 Å². The van der Waals surface area contributed by atoms with E-state index < -0.39 is 6.04 Å². The number of amides is 2. The lowest BCUT2D eigenvalue weighted by molar-refractivity contribution is -0.141. The summed E-state index contributed by atoms with van der Waals surface area (Å²) in [7, 11) is 4.76. The molecule has 1 N–H and O–H groups in total. The van der Waals surface area contributed by atoms with Gasteiger partial charge < -0.3 is 19.7 Å². The van der Waals surface area contributed by atoms with Crippen LogP contribution >= 0.6 is 11.6 Å². The van der Waals surface area contributed by atoms with E-state index in [0.29, 0.717) is 35.9 Å². The van der Waals surface area contributed by atoms with E-state index in [2.05, 4.69) is 5.32 Å². The van der Waals surface area contributed by atoms with Gasteiger partial charge in [0, 0.05) is 31.5 Å². The Morgan fingerprint density at radius 3 is 2.17 bits per heavy atom. The van der Waals surface area contributed by atoms with Crippen LogP contribution in [0.25, 0.3) is 0 Å². The Hall–Kier alpha value is -3.51. The van der Waals surface area contributed by atoms with Crippen molar-refractivity contribution in [1.29, 1.82) is 0 Å². The van der Waals surface area contributed by atoms with Gasteiger partial charge in [0.1, 0.15) is 6.04 Å². The number of likely N-dealkylation sites (N-methyl/N-ethyl adjacent to an activating group) is 1. The number of rotatable bonds is 11. The third-order valence-corrected chi connectivity index (χ3v) is 6.11. The van der Waals surface area contributed by atoms with Crippen molar-refractivity contribution in [2.75, 3.05) is 21.3 Å². The molecule has 3 aromatic carbocycles. The van der Waals surface area contributed by atoms with E-state index in [0.717, 1.165) is 16.7 Å². The molecule has 0 aliphatic rings. The molecular weight excluding hydrogens is 464 g/mol. The van der Waals surface area contributed by atoms with Gasteiger partial charge in [-0.1, -0.05) is 60.1 Å². The Kier molecular flexibility index (Phi) is 9.56. The summed E-state index contributed by atoms with van der Waals surface area (Å²) >= 11 is 6.05. The van der Waals surface area contributed by atoms with E-state index in [4.69, 9.17) is 21.1 Å². The maximum atomic E-state index is 13.6. The van der Waals surface area contributed by atoms with Crippen LogP contribution in [0.15, 0.2) is 72.8 Å². The van der Waals surface area contributed by atoms with Crippen molar-refractivity contribution in [2.24, 2.45) is 0 Å². The molecule has 0 radical (unpaired) electrons. The largest absolute Gasteiger partial charge is 0.493 e. The number of halogens is 1. The summed E-state index contributed by atoms with van der Waals surface area (Å²) in [5.41, 5.74) is 2.83. The van der Waals surface area contributed by atoms with Crippen LogP contribution in [0.2, 0.25) is 5.02 Å². The normalized spacial score (nSPS) is 11.4. The Bertz CT molecular complexity index is 1120. The first-order valence-corrected chi connectivity index (χ1v) is 11.8. The summed E-state index contributed by atoms with van der Waals surface area (Å²) in [6.07, 6.45) is 1.16. The number of carbonyl (C=O) groups excluding carboxylic acids is 2. The van der Waals surface area contributed by atoms with Crippen molar-refractivity contribution in [3.8, 4) is 11.5 Å². The first-order chi connectivity index (χ1) is 16.9. The highest BCUT2D eigenvalue weighted by atomic mass is 35.5. The molecule has 7 heteroatoms. The summed E-state index contributed by atoms with van der Waals surface area (Å²) in [4.78, 5) is 28.2. The molecule has 35 heavy (non-hydrogen) atoms. The molecule has 0 heterocycles. The maximum absolute atomic E-state index is 13.6. The average molecular weight is 495 g/mol. The lowest BCUT2D eigenvalue weighted by Crippen LogP contribution is -2.49. The van der Waals surface area contributed by atoms with Gasteiger partial charge in [0.25, 0.3) is 0 Å². The topological polar surface area (TPSA) is 67.9 Å². The Labute approximate surface area is 211 Å². The maximum Gasteiger partial charge on any atom is 0.242 e. The quantitative estimate of drug-likeness (QED) is 0.420. The molecule has 0 aliphatic carbocycles. The molecule has 2 amide bonds. The predicted molar refractivity (Wildman–Crippen MR) is 138 cm³/mol. The van der Waals surface area contributed by atoms with Crippen LogP contribution in [0, 0.1) is 0 Å². The molecule has 1 atom stereocenters. The molecule has 0 aromatic heterocycles. The zero-order valence-corrected chi connectivity index (χ0v) is 21.0. The highest BCUT2D eigenvalue weighted by Gasteiger charge is 2.29. The molecule has 1 unspecified atom stereocenters. The van der Waals surface area contributed by atoms with Gasteiger partial charge in [0.2, 0.25) is 11.8 Å². The van der Waals surface area contributed by atoms with Crippen molar-refractivity contribution in [3.63, 3.8) is 0 Å². The number of ether oxygens (including phenoxy) is 2. The van der Waals surface area contributed by atoms with E-state index >= 15 is 0 Å². The SMILES string of the molecule is CNC(=O)C(Cc1ccccc1)N(Cc1ccc(Cl)cc1)C(=O)CCc1ccc(OC)c(OC)c1. The van der Waals surface area contributed by atoms with Crippen molar-refractivity contribution >= 4 is 23.4 Å². The molecule has 0 spiro atoms. The second-order valence-electron chi connectivity index (χ2n) is 8.16. The summed E-state index contributed by atoms with van der Waals surface area (Å²) in [6, 6.07) is 22.0. The van der Waals surface area contributed by atoms with Crippen molar-refractivity contribution in [2.45, 2.75) is 31.8 Å². The second-order valence-corrected chi connectivity index (χ2v) is 8.59. The zero-order valence-electron chi connectivity index (χ0n) is 20.3. The van der Waals surface area contributed by atoms with Gasteiger partial charge in [-0.3, -0.25) is 9.59 Å². The van der Waals surface area contributed by atoms with Crippen LogP contribution in [0.4, 0.5) is 0 Å². The molecule has 0 bridgehead atoms. The van der Waals surface area contributed by atoms with Crippen LogP contribution in [0.3, 0.4) is 0 Å². The number of benzene rings is 3. The van der Waals surface area contributed by atoms with E-state index in [1.54, 1.807) is 38.3 Å². The van der Waals surface area contributed by atoms with E-state index in [-0.39, 0.29) is 18.2 Å². The highest BCUT2D eigenvalue weighted by molar-refractivity contribution is 6.30. The van der Waals surface area contributed by atoms with Gasteiger partial charge in [-0.25, -0.2) is 0 Å². The fraction of sp³-hybridized carbons (Fsp3) is 0.286. The third kappa shape index (κ3) is 7.23. The first-order valence-electron chi connectivity index (χ1n) is 11.5.